The molecule has 0 radical (unpaired) electrons. The van der Waals surface area contributed by atoms with Crippen molar-refractivity contribution < 1.29 is 70.4 Å². The first-order chi connectivity index (χ1) is 72.8. The number of hydrogen-bond donors (Lipinski definition) is 0. The molecule has 0 bridgehead atoms. The summed E-state index contributed by atoms with van der Waals surface area (Å²) in [6.45, 7) is 40.6. The molecule has 17 nitrogen and oxygen atoms in total. The van der Waals surface area contributed by atoms with Gasteiger partial charge in [-0.3, -0.25) is 9.59 Å². The number of Topliss-reactive ketones (excluding diaryl/α,β-unsaturated/α-hetero) is 1. The van der Waals surface area contributed by atoms with E-state index in [4.69, 9.17) is 37.4 Å². The number of ketones is 1. The van der Waals surface area contributed by atoms with E-state index >= 15 is 0 Å². The number of esters is 3. The Morgan fingerprint density at radius 3 is 1.16 bits per heavy atom. The Kier molecular flexibility index (Phi) is 84.7. The lowest BCUT2D eigenvalue weighted by molar-refractivity contribution is -0.156. The third-order valence-electron chi connectivity index (χ3n) is 28.1. The highest BCUT2D eigenvalue weighted by Crippen LogP contribution is 2.31. The van der Waals surface area contributed by atoms with Crippen molar-refractivity contribution in [3.05, 3.63) is 178 Å². The summed E-state index contributed by atoms with van der Waals surface area (Å²) < 4.78 is 61.7. The van der Waals surface area contributed by atoms with Gasteiger partial charge in [-0.1, -0.05) is 424 Å². The van der Waals surface area contributed by atoms with Gasteiger partial charge in [-0.25, -0.2) is 23.7 Å². The molecule has 0 N–H and O–H groups in total. The first-order valence-electron chi connectivity index (χ1n) is 60.6. The van der Waals surface area contributed by atoms with Gasteiger partial charge < -0.3 is 42.8 Å². The van der Waals surface area contributed by atoms with Crippen molar-refractivity contribution in [3.8, 4) is 28.7 Å². The second-order valence-electron chi connectivity index (χ2n) is 42.4. The van der Waals surface area contributed by atoms with Crippen molar-refractivity contribution in [2.24, 2.45) is 5.92 Å². The summed E-state index contributed by atoms with van der Waals surface area (Å²) >= 11 is -1.17. The lowest BCUT2D eigenvalue weighted by Gasteiger charge is -2.28. The minimum atomic E-state index is -1.17. The fourth-order valence-corrected chi connectivity index (χ4v) is 18.9. The molecule has 6 aromatic rings. The second kappa shape index (κ2) is 92.1. The van der Waals surface area contributed by atoms with Gasteiger partial charge in [-0.15, -0.1) is 0 Å². The standard InChI is InChI=1S/C33H59NO2.C33H58O3.C27H46O2.C17H26O3.C11H15NO2S.C11H14O3/c1-5-9-13-14-15-16-17-18-19-21-23-32(33(35)34(28-11-7-3)29-12-8-4)36-31-26-24-30(25-27-31)22-20-10-6-2;1-5-9-12-13-14-15-16-17-18-20-23-32(33(34)35-28-29(8-4)21-11-7-3)36-31-26-24-30(25-27-31)22-19-10-6-2;1-4-7-9-10-11-12-13-14-15-17-19-27(26(28)6-3)29-25-22-20-24(21-23-25)18-16-8-5-2;1-6-7-8-9-14-10-11-15(13(2)12-14)20-17(3,4)16(18)19-5;1-10-4-6-11(7-5-10)12-8-2-3-9-15(13)14-12;1-8-6-4-5-7-10(8)14-9(2)11(12)13-3/h24-27,32H,5-23,28-29H2,1-4H3;24-27,29,32H,5-23,28H2,1-4H3;20-23,27H,4-19H2,1-3H3;10-12H,6-9H2,1-5H3;4-7H,2-3,8-9H2,1H3;4-7,9H,1-3H3. The molecule has 1 fully saturated rings. The average Bonchev–Trinajstić information content (AvgIpc) is 0.911. The van der Waals surface area contributed by atoms with E-state index in [1.54, 1.807) is 25.8 Å². The maximum atomic E-state index is 13.6. The molecule has 18 heteroatoms. The van der Waals surface area contributed by atoms with Crippen LogP contribution in [-0.4, -0.2) is 115 Å². The van der Waals surface area contributed by atoms with E-state index in [1.807, 2.05) is 107 Å². The van der Waals surface area contributed by atoms with Crippen molar-refractivity contribution >= 4 is 46.4 Å². The van der Waals surface area contributed by atoms with Crippen LogP contribution in [0.25, 0.3) is 0 Å². The van der Waals surface area contributed by atoms with E-state index in [9.17, 15) is 28.2 Å². The predicted octanol–water partition coefficient (Wildman–Crippen LogP) is 36.8. The number of unbranched alkanes of at least 4 members (excludes halogenated alkanes) is 38. The highest BCUT2D eigenvalue weighted by atomic mass is 32.2. The number of carbonyl (C=O) groups is 5. The smallest absolute Gasteiger partial charge is 0.349 e. The summed E-state index contributed by atoms with van der Waals surface area (Å²) in [7, 11) is 2.72. The van der Waals surface area contributed by atoms with Gasteiger partial charge in [0, 0.05) is 26.1 Å². The Labute approximate surface area is 920 Å². The monoisotopic (exact) mass is 2100 g/mol. The molecule has 1 amide bonds. The number of aryl methyl sites for hydroxylation is 7. The molecule has 6 unspecified atom stereocenters. The Bertz CT molecular complexity index is 4260. The van der Waals surface area contributed by atoms with Gasteiger partial charge in [-0.2, -0.15) is 4.28 Å². The summed E-state index contributed by atoms with van der Waals surface area (Å²) in [6, 6.07) is 47.0. The molecule has 6 atom stereocenters. The van der Waals surface area contributed by atoms with Gasteiger partial charge in [0.05, 0.1) is 32.3 Å². The number of rotatable bonds is 78. The van der Waals surface area contributed by atoms with E-state index in [2.05, 4.69) is 146 Å². The van der Waals surface area contributed by atoms with E-state index < -0.39 is 28.9 Å². The maximum absolute atomic E-state index is 13.6. The van der Waals surface area contributed by atoms with Crippen molar-refractivity contribution in [3.63, 3.8) is 0 Å². The van der Waals surface area contributed by atoms with Crippen molar-refractivity contribution in [1.82, 2.24) is 4.90 Å². The number of hydroxylamine groups is 1. The lowest BCUT2D eigenvalue weighted by Crippen LogP contribution is -2.43. The van der Waals surface area contributed by atoms with Gasteiger partial charge >= 0.3 is 17.9 Å². The number of ether oxygens (including phenoxy) is 8. The third kappa shape index (κ3) is 68.1. The molecular weight excluding hydrogens is 1890 g/mol. The molecular formula is C132H218N2O15S. The van der Waals surface area contributed by atoms with E-state index in [0.29, 0.717) is 30.4 Å². The van der Waals surface area contributed by atoms with Gasteiger partial charge in [-0.05, 0) is 264 Å². The van der Waals surface area contributed by atoms with Crippen LogP contribution in [0.15, 0.2) is 140 Å². The first-order valence-corrected chi connectivity index (χ1v) is 61.9. The Balaban J connectivity index is 0.000000627. The van der Waals surface area contributed by atoms with Crippen LogP contribution in [0.4, 0.5) is 5.69 Å². The number of para-hydroxylation sites is 1. The molecule has 150 heavy (non-hydrogen) atoms. The van der Waals surface area contributed by atoms with Gasteiger partial charge in [0.25, 0.3) is 5.91 Å². The number of anilines is 1. The molecule has 1 saturated heterocycles. The van der Waals surface area contributed by atoms with Crippen molar-refractivity contribution in [1.29, 1.82) is 0 Å². The van der Waals surface area contributed by atoms with E-state index in [-0.39, 0.29) is 41.8 Å². The Morgan fingerprint density at radius 1 is 0.380 bits per heavy atom. The molecule has 7 rings (SSSR count). The van der Waals surface area contributed by atoms with Crippen LogP contribution in [-0.2, 0) is 79.2 Å². The molecule has 852 valence electrons. The van der Waals surface area contributed by atoms with Gasteiger partial charge in [0.1, 0.15) is 28.7 Å². The highest BCUT2D eigenvalue weighted by molar-refractivity contribution is 7.80. The van der Waals surface area contributed by atoms with Crippen LogP contribution in [0, 0.1) is 26.7 Å². The van der Waals surface area contributed by atoms with Crippen molar-refractivity contribution in [2.45, 2.75) is 540 Å². The largest absolute Gasteiger partial charge is 0.483 e. The summed E-state index contributed by atoms with van der Waals surface area (Å²) in [6.07, 6.45) is 70.7. The number of hydrogen-bond acceptors (Lipinski definition) is 16. The Morgan fingerprint density at radius 2 is 0.760 bits per heavy atom. The van der Waals surface area contributed by atoms with Crippen LogP contribution < -0.4 is 28.7 Å². The highest BCUT2D eigenvalue weighted by Gasteiger charge is 2.33. The summed E-state index contributed by atoms with van der Waals surface area (Å²) in [4.78, 5) is 63.7. The van der Waals surface area contributed by atoms with Crippen LogP contribution in [0.5, 0.6) is 28.7 Å². The quantitative estimate of drug-likeness (QED) is 0.0199. The van der Waals surface area contributed by atoms with E-state index in [1.165, 1.54) is 299 Å². The molecule has 6 aromatic carbocycles. The summed E-state index contributed by atoms with van der Waals surface area (Å²) in [5, 5.41) is 1.74. The second-order valence-corrected chi connectivity index (χ2v) is 43.5. The lowest BCUT2D eigenvalue weighted by atomic mass is 10.0. The number of nitrogens with zero attached hydrogens (tertiary/aromatic N) is 2. The molecule has 1 aliphatic rings. The van der Waals surface area contributed by atoms with E-state index in [0.717, 1.165) is 181 Å². The molecule has 0 aliphatic carbocycles. The summed E-state index contributed by atoms with van der Waals surface area (Å²) in [5.41, 5.74) is 8.67. The zero-order valence-electron chi connectivity index (χ0n) is 99.1. The van der Waals surface area contributed by atoms with Crippen LogP contribution >= 0.6 is 0 Å². The van der Waals surface area contributed by atoms with Gasteiger partial charge in [0.15, 0.2) is 46.9 Å². The molecule has 0 saturated carbocycles. The zero-order chi connectivity index (χ0) is 110. The number of methoxy groups -OCH3 is 2. The summed E-state index contributed by atoms with van der Waals surface area (Å²) in [5.74, 6) is 4.50. The Hall–Kier alpha value is -8.22. The zero-order valence-corrected chi connectivity index (χ0v) is 99.9. The normalized spacial score (nSPS) is 13.2. The van der Waals surface area contributed by atoms with Crippen LogP contribution in [0.3, 0.4) is 0 Å². The SMILES string of the molecule is CCCCCCCCCCCCC(Oc1ccc(CCCCC)cc1)C(=O)CC.CCCCCCCCCCCCC(Oc1ccc(CCCCC)cc1)C(=O)N(CCCC)CCCC.CCCCCCCCCCCCC(Oc1ccc(CCCCC)cc1)C(=O)OCC(CC)CCCC.CCCCCc1ccc(OC(C)(C)C(=O)OC)c(C)c1.COC(=O)C(C)Oc1ccccc1C.Cc1ccc(N2CCCCS(=O)O2)cc1. The third-order valence-corrected chi connectivity index (χ3v) is 29.1. The number of amides is 1. The molecule has 0 aromatic heterocycles. The molecule has 1 aliphatic heterocycles. The average molecular weight is 2110 g/mol. The van der Waals surface area contributed by atoms with Crippen LogP contribution in [0.1, 0.15) is 502 Å². The predicted molar refractivity (Wildman–Crippen MR) is 634 cm³/mol. The maximum Gasteiger partial charge on any atom is 0.349 e. The van der Waals surface area contributed by atoms with Gasteiger partial charge in [0.2, 0.25) is 0 Å². The topological polar surface area (TPSA) is 192 Å². The molecule has 1 heterocycles. The fourth-order valence-electron chi connectivity index (χ4n) is 18.0. The molecule has 0 spiro atoms. The number of benzene rings is 6. The number of carbonyl (C=O) groups excluding carboxylic acids is 5. The fraction of sp³-hybridized carbons (Fsp3) is 0.689. The minimum absolute atomic E-state index is 0.187. The van der Waals surface area contributed by atoms with Crippen LogP contribution in [0.2, 0.25) is 0 Å². The first kappa shape index (κ1) is 138. The van der Waals surface area contributed by atoms with Crippen molar-refractivity contribution in [2.75, 3.05) is 51.3 Å². The minimum Gasteiger partial charge on any atom is -0.483 e.